The van der Waals surface area contributed by atoms with Crippen molar-refractivity contribution in [3.8, 4) is 5.75 Å². The standard InChI is InChI=1S/C28H39N5O5S2/c1-3-30-22-14-21(15-23(16-22)33-10-4-5-12-40(33,36)37)28(35)32-25(17-27-31-9-11-39-27)26(34)19-29-18-20-7-6-8-24(13-20)38-2/h6-9,11,13-16,25-26,29-30,34,36-37H,3-5,10,12,17-19H2,1-2H3,(H,32,35). The summed E-state index contributed by atoms with van der Waals surface area (Å²) in [7, 11) is -1.33. The number of nitrogens with zero attached hydrogens (tertiary/aromatic N) is 2. The Morgan fingerprint density at radius 3 is 2.80 bits per heavy atom. The SMILES string of the molecule is CCNc1cc(C(=O)NC(Cc2nccs2)C(O)CNCc2cccc(OC)c2)cc(N2CCCCS2(O)O)c1. The molecule has 0 saturated carbocycles. The van der Waals surface area contributed by atoms with E-state index in [4.69, 9.17) is 4.74 Å². The number of nitrogens with one attached hydrogen (secondary N) is 3. The van der Waals surface area contributed by atoms with E-state index in [0.29, 0.717) is 48.7 Å². The van der Waals surface area contributed by atoms with Crippen LogP contribution < -0.4 is 25.0 Å². The number of amides is 1. The number of thiazole rings is 1. The molecule has 1 aliphatic heterocycles. The Morgan fingerprint density at radius 1 is 1.23 bits per heavy atom. The lowest BCUT2D eigenvalue weighted by atomic mass is 10.1. The van der Waals surface area contributed by atoms with E-state index in [1.165, 1.54) is 11.3 Å². The van der Waals surface area contributed by atoms with E-state index in [0.717, 1.165) is 29.2 Å². The van der Waals surface area contributed by atoms with Crippen LogP contribution in [0.15, 0.2) is 54.0 Å². The van der Waals surface area contributed by atoms with Gasteiger partial charge in [0.1, 0.15) is 5.75 Å². The van der Waals surface area contributed by atoms with Gasteiger partial charge in [-0.3, -0.25) is 18.2 Å². The molecular formula is C28H39N5O5S2. The third-order valence-corrected chi connectivity index (χ3v) is 9.44. The van der Waals surface area contributed by atoms with Gasteiger partial charge in [-0.25, -0.2) is 4.98 Å². The molecule has 2 heterocycles. The molecule has 12 heteroatoms. The molecule has 1 amide bonds. The van der Waals surface area contributed by atoms with Gasteiger partial charge < -0.3 is 25.8 Å². The topological polar surface area (TPSA) is 139 Å². The molecular weight excluding hydrogens is 550 g/mol. The van der Waals surface area contributed by atoms with Crippen LogP contribution in [0.1, 0.15) is 40.7 Å². The second kappa shape index (κ2) is 14.2. The summed E-state index contributed by atoms with van der Waals surface area (Å²) in [4.78, 5) is 17.9. The van der Waals surface area contributed by atoms with Gasteiger partial charge >= 0.3 is 0 Å². The van der Waals surface area contributed by atoms with Gasteiger partial charge in [0, 0.05) is 55.4 Å². The minimum absolute atomic E-state index is 0.255. The fourth-order valence-corrected chi connectivity index (χ4v) is 7.02. The first-order chi connectivity index (χ1) is 19.3. The summed E-state index contributed by atoms with van der Waals surface area (Å²) in [6.07, 6.45) is 2.78. The van der Waals surface area contributed by atoms with Crippen molar-refractivity contribution in [1.29, 1.82) is 0 Å². The Morgan fingerprint density at radius 2 is 2.08 bits per heavy atom. The quantitative estimate of drug-likeness (QED) is 0.172. The lowest BCUT2D eigenvalue weighted by molar-refractivity contribution is 0.0830. The Bertz CT molecular complexity index is 1240. The third-order valence-electron chi connectivity index (χ3n) is 6.71. The number of carbonyl (C=O) groups is 1. The Balaban J connectivity index is 1.50. The van der Waals surface area contributed by atoms with Crippen LogP contribution in [0, 0.1) is 0 Å². The summed E-state index contributed by atoms with van der Waals surface area (Å²) < 4.78 is 28.3. The van der Waals surface area contributed by atoms with Gasteiger partial charge in [-0.15, -0.1) is 22.1 Å². The zero-order chi connectivity index (χ0) is 28.5. The van der Waals surface area contributed by atoms with E-state index < -0.39 is 22.9 Å². The Hall–Kier alpha value is -2.87. The number of aromatic nitrogens is 1. The molecule has 10 nitrogen and oxygen atoms in total. The van der Waals surface area contributed by atoms with Crippen LogP contribution in [0.3, 0.4) is 0 Å². The summed E-state index contributed by atoms with van der Waals surface area (Å²) in [5.74, 6) is 0.715. The normalized spacial score (nSPS) is 17.1. The number of anilines is 2. The smallest absolute Gasteiger partial charge is 0.251 e. The van der Waals surface area contributed by atoms with Gasteiger partial charge in [-0.05, 0) is 55.7 Å². The number of hydrogen-bond acceptors (Lipinski definition) is 10. The molecule has 1 aromatic heterocycles. The maximum absolute atomic E-state index is 13.6. The first-order valence-electron chi connectivity index (χ1n) is 13.4. The fourth-order valence-electron chi connectivity index (χ4n) is 4.66. The monoisotopic (exact) mass is 589 g/mol. The molecule has 4 rings (SSSR count). The molecule has 40 heavy (non-hydrogen) atoms. The number of methoxy groups -OCH3 is 1. The van der Waals surface area contributed by atoms with E-state index in [9.17, 15) is 19.0 Å². The number of rotatable bonds is 13. The van der Waals surface area contributed by atoms with Crippen LogP contribution in [0.2, 0.25) is 0 Å². The number of aliphatic hydroxyl groups excluding tert-OH is 1. The van der Waals surface area contributed by atoms with Crippen LogP contribution in [-0.2, 0) is 13.0 Å². The van der Waals surface area contributed by atoms with Crippen LogP contribution in [0.5, 0.6) is 5.75 Å². The Labute approximate surface area is 241 Å². The van der Waals surface area contributed by atoms with E-state index in [-0.39, 0.29) is 12.5 Å². The van der Waals surface area contributed by atoms with Crippen molar-refractivity contribution in [2.75, 3.05) is 42.1 Å². The van der Waals surface area contributed by atoms with Gasteiger partial charge in [0.05, 0.1) is 35.7 Å². The largest absolute Gasteiger partial charge is 0.497 e. The fraction of sp³-hybridized carbons (Fsp3) is 0.429. The highest BCUT2D eigenvalue weighted by Gasteiger charge is 2.29. The molecule has 218 valence electrons. The predicted octanol–water partition coefficient (Wildman–Crippen LogP) is 4.34. The van der Waals surface area contributed by atoms with Crippen molar-refractivity contribution in [2.45, 2.75) is 44.9 Å². The Kier molecular flexibility index (Phi) is 10.6. The maximum Gasteiger partial charge on any atom is 0.251 e. The number of hydrogen-bond donors (Lipinski definition) is 6. The zero-order valence-corrected chi connectivity index (χ0v) is 24.5. The minimum atomic E-state index is -2.95. The molecule has 2 unspecified atom stereocenters. The molecule has 3 aromatic rings. The zero-order valence-electron chi connectivity index (χ0n) is 22.9. The van der Waals surface area contributed by atoms with E-state index >= 15 is 0 Å². The molecule has 2 atom stereocenters. The number of carbonyl (C=O) groups excluding carboxylic acids is 1. The minimum Gasteiger partial charge on any atom is -0.497 e. The molecule has 1 aliphatic rings. The van der Waals surface area contributed by atoms with Gasteiger partial charge in [-0.2, -0.15) is 0 Å². The first kappa shape index (κ1) is 30.1. The van der Waals surface area contributed by atoms with Crippen LogP contribution >= 0.6 is 22.1 Å². The highest BCUT2D eigenvalue weighted by Crippen LogP contribution is 2.50. The molecule has 0 radical (unpaired) electrons. The summed E-state index contributed by atoms with van der Waals surface area (Å²) in [5, 5.41) is 23.3. The highest BCUT2D eigenvalue weighted by molar-refractivity contribution is 8.25. The third kappa shape index (κ3) is 8.09. The number of benzene rings is 2. The van der Waals surface area contributed by atoms with E-state index in [1.807, 2.05) is 42.6 Å². The summed E-state index contributed by atoms with van der Waals surface area (Å²) in [6, 6.07) is 12.4. The lowest BCUT2D eigenvalue weighted by Gasteiger charge is -2.47. The van der Waals surface area contributed by atoms with Crippen LogP contribution in [0.25, 0.3) is 0 Å². The second-order valence-corrected chi connectivity index (χ2v) is 12.8. The van der Waals surface area contributed by atoms with Crippen LogP contribution in [-0.4, -0.2) is 69.7 Å². The molecule has 1 saturated heterocycles. The van der Waals surface area contributed by atoms with E-state index in [2.05, 4.69) is 20.9 Å². The van der Waals surface area contributed by atoms with E-state index in [1.54, 1.807) is 29.7 Å². The molecule has 0 spiro atoms. The lowest BCUT2D eigenvalue weighted by Crippen LogP contribution is -2.48. The molecule has 1 fully saturated rings. The van der Waals surface area contributed by atoms with Crippen molar-refractivity contribution in [3.05, 3.63) is 70.2 Å². The van der Waals surface area contributed by atoms with Crippen molar-refractivity contribution >= 4 is 39.4 Å². The van der Waals surface area contributed by atoms with Gasteiger partial charge in [-0.1, -0.05) is 12.1 Å². The van der Waals surface area contributed by atoms with Gasteiger partial charge in [0.25, 0.3) is 5.91 Å². The van der Waals surface area contributed by atoms with Crippen LogP contribution in [0.4, 0.5) is 11.4 Å². The number of ether oxygens (including phenoxy) is 1. The molecule has 0 aliphatic carbocycles. The van der Waals surface area contributed by atoms with Gasteiger partial charge in [0.15, 0.2) is 0 Å². The number of aliphatic hydroxyl groups is 1. The molecule has 0 bridgehead atoms. The first-order valence-corrected chi connectivity index (χ1v) is 16.0. The van der Waals surface area contributed by atoms with Crippen molar-refractivity contribution in [3.63, 3.8) is 0 Å². The second-order valence-electron chi connectivity index (χ2n) is 9.70. The summed E-state index contributed by atoms with van der Waals surface area (Å²) in [5.41, 5.74) is 2.68. The average molecular weight is 590 g/mol. The summed E-state index contributed by atoms with van der Waals surface area (Å²) in [6.45, 7) is 3.89. The summed E-state index contributed by atoms with van der Waals surface area (Å²) >= 11 is 1.47. The van der Waals surface area contributed by atoms with Gasteiger partial charge in [0.2, 0.25) is 0 Å². The molecule has 6 N–H and O–H groups in total. The van der Waals surface area contributed by atoms with Crippen molar-refractivity contribution in [1.82, 2.24) is 15.6 Å². The predicted molar refractivity (Wildman–Crippen MR) is 163 cm³/mol. The molecule has 2 aromatic carbocycles. The highest BCUT2D eigenvalue weighted by atomic mass is 32.3. The maximum atomic E-state index is 13.6. The van der Waals surface area contributed by atoms with Crippen molar-refractivity contribution in [2.24, 2.45) is 0 Å². The average Bonchev–Trinajstić information content (AvgIpc) is 3.45. The van der Waals surface area contributed by atoms with Crippen molar-refractivity contribution < 1.29 is 23.7 Å².